The molecular weight excluding hydrogens is 260 g/mol. The molecule has 0 bridgehead atoms. The Balaban J connectivity index is 2.09. The first kappa shape index (κ1) is 16.1. The number of rotatable bonds is 6. The van der Waals surface area contributed by atoms with Gasteiger partial charge in [-0.2, -0.15) is 0 Å². The van der Waals surface area contributed by atoms with Gasteiger partial charge in [-0.1, -0.05) is 41.5 Å². The Morgan fingerprint density at radius 3 is 2.00 bits per heavy atom. The van der Waals surface area contributed by atoms with E-state index in [9.17, 15) is 0 Å². The molecule has 0 unspecified atom stereocenters. The lowest BCUT2D eigenvalue weighted by Gasteiger charge is -2.13. The molecule has 4 nitrogen and oxygen atoms in total. The van der Waals surface area contributed by atoms with Gasteiger partial charge in [-0.05, 0) is 23.7 Å². The van der Waals surface area contributed by atoms with Crippen molar-refractivity contribution < 1.29 is 0 Å². The average Bonchev–Trinajstić information content (AvgIpc) is 2.77. The number of hydrogen-bond acceptors (Lipinski definition) is 4. The van der Waals surface area contributed by atoms with Crippen LogP contribution in [0.3, 0.4) is 0 Å². The summed E-state index contributed by atoms with van der Waals surface area (Å²) < 4.78 is 0. The van der Waals surface area contributed by atoms with E-state index in [0.717, 1.165) is 30.5 Å². The lowest BCUT2D eigenvalue weighted by Crippen LogP contribution is -2.12. The summed E-state index contributed by atoms with van der Waals surface area (Å²) >= 11 is 0. The van der Waals surface area contributed by atoms with Crippen molar-refractivity contribution in [1.29, 1.82) is 0 Å². The summed E-state index contributed by atoms with van der Waals surface area (Å²) in [5, 5.41) is 6.81. The van der Waals surface area contributed by atoms with E-state index in [4.69, 9.17) is 0 Å². The highest BCUT2D eigenvalue weighted by Gasteiger charge is 2.64. The van der Waals surface area contributed by atoms with Crippen LogP contribution in [0.5, 0.6) is 0 Å². The number of nitrogens with one attached hydrogen (secondary N) is 2. The van der Waals surface area contributed by atoms with Crippen molar-refractivity contribution in [2.24, 2.45) is 16.7 Å². The van der Waals surface area contributed by atoms with Crippen LogP contribution in [0.2, 0.25) is 0 Å². The lowest BCUT2D eigenvalue weighted by atomic mass is 10.0. The summed E-state index contributed by atoms with van der Waals surface area (Å²) in [5.41, 5.74) is 0.802. The summed E-state index contributed by atoms with van der Waals surface area (Å²) in [6.07, 6.45) is 0. The van der Waals surface area contributed by atoms with Crippen LogP contribution in [0, 0.1) is 16.7 Å². The molecule has 0 saturated heterocycles. The molecule has 0 aromatic carbocycles. The maximum absolute atomic E-state index is 4.65. The van der Waals surface area contributed by atoms with Crippen LogP contribution in [-0.2, 0) is 0 Å². The van der Waals surface area contributed by atoms with Crippen molar-refractivity contribution in [3.63, 3.8) is 0 Å². The second-order valence-corrected chi connectivity index (χ2v) is 7.56. The molecular formula is C17H30N4. The van der Waals surface area contributed by atoms with Crippen LogP contribution in [0.25, 0.3) is 0 Å². The van der Waals surface area contributed by atoms with E-state index in [1.54, 1.807) is 0 Å². The second kappa shape index (κ2) is 5.47. The molecule has 1 aliphatic carbocycles. The SMILES string of the molecule is CCNc1cc(NCC2C(C)(C)C2(C)C)nc(C(C)C)n1. The normalized spacial score (nSPS) is 19.6. The zero-order valence-corrected chi connectivity index (χ0v) is 14.5. The maximum Gasteiger partial charge on any atom is 0.135 e. The quantitative estimate of drug-likeness (QED) is 0.827. The van der Waals surface area contributed by atoms with Gasteiger partial charge in [0, 0.05) is 25.1 Å². The van der Waals surface area contributed by atoms with Crippen molar-refractivity contribution >= 4 is 11.6 Å². The third-order valence-corrected chi connectivity index (χ3v) is 5.42. The zero-order chi connectivity index (χ0) is 15.8. The van der Waals surface area contributed by atoms with Gasteiger partial charge in [0.15, 0.2) is 0 Å². The third-order valence-electron chi connectivity index (χ3n) is 5.42. The van der Waals surface area contributed by atoms with Crippen LogP contribution in [0.1, 0.15) is 60.2 Å². The molecule has 0 aliphatic heterocycles. The molecule has 2 N–H and O–H groups in total. The van der Waals surface area contributed by atoms with E-state index >= 15 is 0 Å². The Hall–Kier alpha value is -1.32. The topological polar surface area (TPSA) is 49.8 Å². The fraction of sp³-hybridized carbons (Fsp3) is 0.765. The van der Waals surface area contributed by atoms with Crippen LogP contribution < -0.4 is 10.6 Å². The average molecular weight is 290 g/mol. The molecule has 118 valence electrons. The highest BCUT2D eigenvalue weighted by molar-refractivity contribution is 5.48. The Labute approximate surface area is 129 Å². The minimum absolute atomic E-state index is 0.331. The summed E-state index contributed by atoms with van der Waals surface area (Å²) in [4.78, 5) is 9.21. The number of aromatic nitrogens is 2. The number of anilines is 2. The summed E-state index contributed by atoms with van der Waals surface area (Å²) in [5.74, 6) is 3.75. The second-order valence-electron chi connectivity index (χ2n) is 7.56. The standard InChI is InChI=1S/C17H30N4/c1-8-18-13-9-14(21-15(20-13)11(2)3)19-10-12-16(4,5)17(12,6)7/h9,11-12H,8,10H2,1-7H3,(H2,18,19,20,21). The third kappa shape index (κ3) is 2.99. The van der Waals surface area contributed by atoms with E-state index in [2.05, 4.69) is 69.1 Å². The van der Waals surface area contributed by atoms with Crippen molar-refractivity contribution in [3.8, 4) is 0 Å². The van der Waals surface area contributed by atoms with Crippen molar-refractivity contribution in [2.75, 3.05) is 23.7 Å². The van der Waals surface area contributed by atoms with Gasteiger partial charge in [0.1, 0.15) is 17.5 Å². The van der Waals surface area contributed by atoms with E-state index < -0.39 is 0 Å². The molecule has 1 aromatic heterocycles. The Morgan fingerprint density at radius 1 is 1.05 bits per heavy atom. The van der Waals surface area contributed by atoms with Gasteiger partial charge in [-0.15, -0.1) is 0 Å². The smallest absolute Gasteiger partial charge is 0.135 e. The van der Waals surface area contributed by atoms with E-state index in [1.807, 2.05) is 6.07 Å². The van der Waals surface area contributed by atoms with Crippen LogP contribution >= 0.6 is 0 Å². The fourth-order valence-corrected chi connectivity index (χ4v) is 3.14. The molecule has 1 fully saturated rings. The Bertz CT molecular complexity index is 492. The van der Waals surface area contributed by atoms with Crippen LogP contribution in [0.15, 0.2) is 6.07 Å². The molecule has 1 saturated carbocycles. The Kier molecular flexibility index (Phi) is 4.18. The monoisotopic (exact) mass is 290 g/mol. The highest BCUT2D eigenvalue weighted by Crippen LogP contribution is 2.68. The molecule has 0 atom stereocenters. The first-order valence-corrected chi connectivity index (χ1v) is 8.06. The predicted octanol–water partition coefficient (Wildman–Crippen LogP) is 4.13. The molecule has 0 radical (unpaired) electrons. The van der Waals surface area contributed by atoms with Crippen molar-refractivity contribution in [2.45, 2.75) is 54.4 Å². The molecule has 2 rings (SSSR count). The number of nitrogens with zero attached hydrogens (tertiary/aromatic N) is 2. The summed E-state index contributed by atoms with van der Waals surface area (Å²) in [6, 6.07) is 2.01. The molecule has 1 aliphatic rings. The van der Waals surface area contributed by atoms with E-state index in [-0.39, 0.29) is 0 Å². The zero-order valence-electron chi connectivity index (χ0n) is 14.5. The maximum atomic E-state index is 4.65. The van der Waals surface area contributed by atoms with E-state index in [1.165, 1.54) is 0 Å². The summed E-state index contributed by atoms with van der Waals surface area (Å²) in [7, 11) is 0. The van der Waals surface area contributed by atoms with Gasteiger partial charge in [0.2, 0.25) is 0 Å². The molecule has 1 heterocycles. The molecule has 1 aromatic rings. The molecule has 4 heteroatoms. The Morgan fingerprint density at radius 2 is 1.57 bits per heavy atom. The molecule has 0 spiro atoms. The predicted molar refractivity (Wildman–Crippen MR) is 89.8 cm³/mol. The van der Waals surface area contributed by atoms with Crippen LogP contribution in [0.4, 0.5) is 11.6 Å². The van der Waals surface area contributed by atoms with Gasteiger partial charge in [-0.3, -0.25) is 0 Å². The molecule has 21 heavy (non-hydrogen) atoms. The molecule has 0 amide bonds. The summed E-state index contributed by atoms with van der Waals surface area (Å²) in [6.45, 7) is 17.6. The van der Waals surface area contributed by atoms with Gasteiger partial charge >= 0.3 is 0 Å². The first-order chi connectivity index (χ1) is 9.70. The fourth-order valence-electron chi connectivity index (χ4n) is 3.14. The van der Waals surface area contributed by atoms with Gasteiger partial charge in [-0.25, -0.2) is 9.97 Å². The first-order valence-electron chi connectivity index (χ1n) is 8.06. The highest BCUT2D eigenvalue weighted by atomic mass is 15.1. The largest absolute Gasteiger partial charge is 0.370 e. The number of hydrogen-bond donors (Lipinski definition) is 2. The van der Waals surface area contributed by atoms with Crippen molar-refractivity contribution in [3.05, 3.63) is 11.9 Å². The lowest BCUT2D eigenvalue weighted by molar-refractivity contribution is 0.457. The minimum Gasteiger partial charge on any atom is -0.370 e. The van der Waals surface area contributed by atoms with Gasteiger partial charge in [0.05, 0.1) is 0 Å². The van der Waals surface area contributed by atoms with Crippen LogP contribution in [-0.4, -0.2) is 23.1 Å². The van der Waals surface area contributed by atoms with Crippen molar-refractivity contribution in [1.82, 2.24) is 9.97 Å². The van der Waals surface area contributed by atoms with E-state index in [0.29, 0.717) is 22.7 Å². The minimum atomic E-state index is 0.331. The van der Waals surface area contributed by atoms with Gasteiger partial charge in [0.25, 0.3) is 0 Å². The van der Waals surface area contributed by atoms with Gasteiger partial charge < -0.3 is 10.6 Å².